The summed E-state index contributed by atoms with van der Waals surface area (Å²) >= 11 is 0. The lowest BCUT2D eigenvalue weighted by Gasteiger charge is -2.20. The van der Waals surface area contributed by atoms with Gasteiger partial charge in [-0.25, -0.2) is 0 Å². The minimum absolute atomic E-state index is 0.708. The van der Waals surface area contributed by atoms with Crippen LogP contribution in [-0.4, -0.2) is 13.3 Å². The second kappa shape index (κ2) is 5.80. The van der Waals surface area contributed by atoms with E-state index < -0.39 is 15.2 Å². The van der Waals surface area contributed by atoms with Crippen LogP contribution in [0.1, 0.15) is 0 Å². The molecule has 0 rings (SSSR count). The summed E-state index contributed by atoms with van der Waals surface area (Å²) in [4.78, 5) is 19.0. The zero-order valence-electron chi connectivity index (χ0n) is 6.16. The highest BCUT2D eigenvalue weighted by molar-refractivity contribution is 7.50. The Kier molecular flexibility index (Phi) is 7.11. The van der Waals surface area contributed by atoms with Crippen molar-refractivity contribution < 1.29 is 38.8 Å². The van der Waals surface area contributed by atoms with E-state index in [1.54, 1.807) is 0 Å². The Morgan fingerprint density at radius 3 is 1.00 bits per heavy atom. The van der Waals surface area contributed by atoms with Crippen LogP contribution in [0.2, 0.25) is 0 Å². The molecule has 0 N–H and O–H groups in total. The molecule has 0 aliphatic carbocycles. The molecule has 0 saturated heterocycles. The monoisotopic (exact) mass is 220 g/mol. The smallest absolute Gasteiger partial charge is 0.122 e. The van der Waals surface area contributed by atoms with Crippen molar-refractivity contribution in [2.45, 2.75) is 0 Å². The fourth-order valence-electron chi connectivity index (χ4n) is 0. The lowest BCUT2D eigenvalue weighted by Crippen LogP contribution is -2.10. The summed E-state index contributed by atoms with van der Waals surface area (Å²) in [6.45, 7) is 1.42. The predicted octanol–water partition coefficient (Wildman–Crippen LogP) is -3.08. The van der Waals surface area contributed by atoms with Crippen LogP contribution in [0.15, 0.2) is 0 Å². The average molecular weight is 220 g/mol. The standard InChI is InChI=1S/2CH5O4P/c2*1-6(3,4)5-2/h2*2H,1H3,(H,3,4)/p-4. The van der Waals surface area contributed by atoms with Crippen molar-refractivity contribution >= 4 is 15.2 Å². The number of rotatable bonds is 2. The van der Waals surface area contributed by atoms with Crippen LogP contribution < -0.4 is 20.3 Å². The molecule has 0 radical (unpaired) electrons. The van der Waals surface area contributed by atoms with Gasteiger partial charge in [0, 0.05) is 0 Å². The Bertz CT molecular complexity index is 165. The molecule has 0 heterocycles. The molecule has 0 fully saturated rings. The first-order valence-corrected chi connectivity index (χ1v) is 6.30. The Hall–Kier alpha value is 0.220. The summed E-state index contributed by atoms with van der Waals surface area (Å²) in [6, 6.07) is 0. The molecule has 0 aromatic rings. The van der Waals surface area contributed by atoms with Crippen LogP contribution in [0.4, 0.5) is 0 Å². The number of hydrogen-bond donors (Lipinski definition) is 0. The third-order valence-corrected chi connectivity index (χ3v) is 0.812. The van der Waals surface area contributed by atoms with Gasteiger partial charge < -0.3 is 38.8 Å². The van der Waals surface area contributed by atoms with E-state index in [1.165, 1.54) is 0 Å². The molecule has 0 amide bonds. The molecule has 10 heteroatoms. The van der Waals surface area contributed by atoms with Crippen LogP contribution in [0, 0.1) is 0 Å². The van der Waals surface area contributed by atoms with Crippen molar-refractivity contribution in [1.29, 1.82) is 0 Å². The maximum absolute atomic E-state index is 9.49. The average Bonchev–Trinajstić information content (AvgIpc) is 1.86. The van der Waals surface area contributed by atoms with Crippen molar-refractivity contribution in [3.05, 3.63) is 0 Å². The summed E-state index contributed by atoms with van der Waals surface area (Å²) < 4.78 is 24.4. The van der Waals surface area contributed by atoms with Crippen LogP contribution in [-0.2, 0) is 18.5 Å². The Balaban J connectivity index is 0. The third kappa shape index (κ3) is 22.5. The third-order valence-electron chi connectivity index (χ3n) is 0.271. The van der Waals surface area contributed by atoms with Gasteiger partial charge in [-0.1, -0.05) is 0 Å². The van der Waals surface area contributed by atoms with E-state index in [4.69, 9.17) is 10.5 Å². The summed E-state index contributed by atoms with van der Waals surface area (Å²) in [5.74, 6) is 0. The molecular weight excluding hydrogens is 214 g/mol. The van der Waals surface area contributed by atoms with Crippen LogP contribution in [0.25, 0.3) is 0 Å². The SMILES string of the molecule is CP(=O)([O-])O[O-].CP(=O)([O-])O[O-]. The first-order valence-electron chi connectivity index (χ1n) is 2.32. The highest BCUT2D eigenvalue weighted by atomic mass is 31.2. The van der Waals surface area contributed by atoms with Gasteiger partial charge in [-0.2, -0.15) is 0 Å². The molecule has 0 spiro atoms. The van der Waals surface area contributed by atoms with Crippen LogP contribution in [0.3, 0.4) is 0 Å². The second-order valence-corrected chi connectivity index (χ2v) is 5.08. The van der Waals surface area contributed by atoms with Gasteiger partial charge in [0.15, 0.2) is 0 Å². The van der Waals surface area contributed by atoms with Gasteiger partial charge in [-0.3, -0.25) is 0 Å². The van der Waals surface area contributed by atoms with Gasteiger partial charge in [0.05, 0.1) is 0 Å². The van der Waals surface area contributed by atoms with E-state index in [2.05, 4.69) is 9.35 Å². The molecule has 2 atom stereocenters. The predicted molar refractivity (Wildman–Crippen MR) is 29.2 cm³/mol. The van der Waals surface area contributed by atoms with Gasteiger partial charge in [0.1, 0.15) is 15.2 Å². The number of hydrogen-bond acceptors (Lipinski definition) is 8. The molecule has 2 unspecified atom stereocenters. The van der Waals surface area contributed by atoms with Gasteiger partial charge in [0.25, 0.3) is 0 Å². The van der Waals surface area contributed by atoms with Crippen LogP contribution >= 0.6 is 15.2 Å². The van der Waals surface area contributed by atoms with Gasteiger partial charge in [-0.15, -0.1) is 0 Å². The van der Waals surface area contributed by atoms with Crippen LogP contribution in [0.5, 0.6) is 0 Å². The fourth-order valence-corrected chi connectivity index (χ4v) is 0. The summed E-state index contributed by atoms with van der Waals surface area (Å²) in [5.41, 5.74) is 0. The van der Waals surface area contributed by atoms with Gasteiger partial charge in [0.2, 0.25) is 0 Å². The highest BCUT2D eigenvalue weighted by Gasteiger charge is 1.83. The minimum atomic E-state index is -3.95. The molecule has 0 bridgehead atoms. The van der Waals surface area contributed by atoms with Crippen molar-refractivity contribution in [2.24, 2.45) is 0 Å². The van der Waals surface area contributed by atoms with Crippen molar-refractivity contribution in [3.8, 4) is 0 Å². The molecule has 0 aromatic heterocycles. The maximum Gasteiger partial charge on any atom is 0.122 e. The second-order valence-electron chi connectivity index (χ2n) is 1.69. The van der Waals surface area contributed by atoms with E-state index >= 15 is 0 Å². The minimum Gasteiger partial charge on any atom is -0.779 e. The van der Waals surface area contributed by atoms with Crippen molar-refractivity contribution in [3.63, 3.8) is 0 Å². The zero-order valence-corrected chi connectivity index (χ0v) is 7.95. The maximum atomic E-state index is 9.49. The van der Waals surface area contributed by atoms with E-state index in [-0.39, 0.29) is 0 Å². The molecule has 0 aromatic carbocycles. The normalized spacial score (nSPS) is 19.8. The largest absolute Gasteiger partial charge is 0.779 e. The molecule has 0 aliphatic heterocycles. The molecule has 8 nitrogen and oxygen atoms in total. The fraction of sp³-hybridized carbons (Fsp3) is 1.00. The summed E-state index contributed by atoms with van der Waals surface area (Å²) in [7, 11) is -7.90. The molecule has 12 heavy (non-hydrogen) atoms. The quantitative estimate of drug-likeness (QED) is 0.270. The Labute approximate surface area is 68.3 Å². The van der Waals surface area contributed by atoms with E-state index in [9.17, 15) is 18.9 Å². The molecular formula is C2H6O8P2-4. The zero-order chi connectivity index (χ0) is 10.4. The van der Waals surface area contributed by atoms with Gasteiger partial charge in [-0.05, 0) is 13.3 Å². The lowest BCUT2D eigenvalue weighted by atomic mass is 12.0. The summed E-state index contributed by atoms with van der Waals surface area (Å²) in [6.07, 6.45) is 0. The first kappa shape index (κ1) is 14.7. The molecule has 76 valence electrons. The van der Waals surface area contributed by atoms with Gasteiger partial charge >= 0.3 is 0 Å². The van der Waals surface area contributed by atoms with Crippen molar-refractivity contribution in [1.82, 2.24) is 0 Å². The Morgan fingerprint density at radius 2 is 1.00 bits per heavy atom. The topological polar surface area (TPSA) is 145 Å². The first-order chi connectivity index (χ1) is 5.12. The summed E-state index contributed by atoms with van der Waals surface area (Å²) in [5, 5.41) is 17.8. The Morgan fingerprint density at radius 1 is 0.917 bits per heavy atom. The van der Waals surface area contributed by atoms with E-state index in [0.717, 1.165) is 0 Å². The molecule has 0 saturated carbocycles. The molecule has 0 aliphatic rings. The van der Waals surface area contributed by atoms with E-state index in [1.807, 2.05) is 0 Å². The highest BCUT2D eigenvalue weighted by Crippen LogP contribution is 2.26. The lowest BCUT2D eigenvalue weighted by molar-refractivity contribution is -0.647. The van der Waals surface area contributed by atoms with E-state index in [0.29, 0.717) is 13.3 Å². The van der Waals surface area contributed by atoms with Crippen molar-refractivity contribution in [2.75, 3.05) is 13.3 Å².